The number of likely N-dealkylation sites (tertiary alicyclic amines) is 1. The molecule has 0 spiro atoms. The molecule has 1 aromatic heterocycles. The Morgan fingerprint density at radius 1 is 1.10 bits per heavy atom. The molecule has 7 heteroatoms. The Labute approximate surface area is 185 Å². The molecule has 2 fully saturated rings. The first-order valence-electron chi connectivity index (χ1n) is 11.7. The average Bonchev–Trinajstić information content (AvgIpc) is 3.07. The molecule has 1 aromatic rings. The lowest BCUT2D eigenvalue weighted by atomic mass is 9.95. The Morgan fingerprint density at radius 2 is 1.81 bits per heavy atom. The fourth-order valence-corrected chi connectivity index (χ4v) is 5.13. The zero-order chi connectivity index (χ0) is 22.5. The number of nitrogens with zero attached hydrogens (tertiary/aromatic N) is 3. The van der Waals surface area contributed by atoms with E-state index in [4.69, 9.17) is 4.74 Å². The van der Waals surface area contributed by atoms with E-state index in [1.165, 1.54) is 24.2 Å². The van der Waals surface area contributed by atoms with E-state index in [-0.39, 0.29) is 30.2 Å². The van der Waals surface area contributed by atoms with Crippen molar-refractivity contribution in [3.8, 4) is 0 Å². The summed E-state index contributed by atoms with van der Waals surface area (Å²) >= 11 is 0. The molecule has 2 aliphatic rings. The van der Waals surface area contributed by atoms with Crippen LogP contribution >= 0.6 is 0 Å². The minimum absolute atomic E-state index is 0.0154. The SMILES string of the molecule is CCOC(=O)C1CCCN(C(=O)CN(C)C(=O)c2cc(C)n(C3CCCCC3)c2C)C1. The number of hydrogen-bond acceptors (Lipinski definition) is 4. The summed E-state index contributed by atoms with van der Waals surface area (Å²) in [5.41, 5.74) is 2.79. The summed E-state index contributed by atoms with van der Waals surface area (Å²) in [5.74, 6) is -0.749. The molecule has 3 rings (SSSR count). The lowest BCUT2D eigenvalue weighted by molar-refractivity contribution is -0.151. The molecule has 0 N–H and O–H groups in total. The number of aromatic nitrogens is 1. The van der Waals surface area contributed by atoms with Crippen LogP contribution in [0.15, 0.2) is 6.07 Å². The number of carbonyl (C=O) groups excluding carboxylic acids is 3. The summed E-state index contributed by atoms with van der Waals surface area (Å²) in [5, 5.41) is 0. The smallest absolute Gasteiger partial charge is 0.310 e. The van der Waals surface area contributed by atoms with Crippen LogP contribution in [0.5, 0.6) is 0 Å². The van der Waals surface area contributed by atoms with E-state index in [0.717, 1.165) is 37.1 Å². The summed E-state index contributed by atoms with van der Waals surface area (Å²) < 4.78 is 7.44. The van der Waals surface area contributed by atoms with Crippen LogP contribution in [-0.4, -0.2) is 65.4 Å². The third-order valence-corrected chi connectivity index (χ3v) is 6.77. The second-order valence-corrected chi connectivity index (χ2v) is 9.04. The van der Waals surface area contributed by atoms with Gasteiger partial charge in [0.25, 0.3) is 5.91 Å². The molecule has 0 bridgehead atoms. The Kier molecular flexibility index (Phi) is 7.79. The van der Waals surface area contributed by atoms with Crippen molar-refractivity contribution in [3.63, 3.8) is 0 Å². The molecule has 7 nitrogen and oxygen atoms in total. The van der Waals surface area contributed by atoms with E-state index in [1.54, 1.807) is 18.9 Å². The van der Waals surface area contributed by atoms with E-state index in [1.807, 2.05) is 13.0 Å². The maximum Gasteiger partial charge on any atom is 0.310 e. The van der Waals surface area contributed by atoms with E-state index in [2.05, 4.69) is 11.5 Å². The van der Waals surface area contributed by atoms with E-state index >= 15 is 0 Å². The topological polar surface area (TPSA) is 71.8 Å². The van der Waals surface area contributed by atoms with Crippen molar-refractivity contribution in [1.29, 1.82) is 0 Å². The van der Waals surface area contributed by atoms with E-state index in [9.17, 15) is 14.4 Å². The molecule has 1 unspecified atom stereocenters. The third kappa shape index (κ3) is 5.31. The van der Waals surface area contributed by atoms with E-state index in [0.29, 0.717) is 31.3 Å². The molecule has 1 saturated heterocycles. The van der Waals surface area contributed by atoms with Gasteiger partial charge in [0.05, 0.1) is 24.6 Å². The van der Waals surface area contributed by atoms with Crippen LogP contribution in [-0.2, 0) is 14.3 Å². The summed E-state index contributed by atoms with van der Waals surface area (Å²) in [7, 11) is 1.68. The van der Waals surface area contributed by atoms with Crippen molar-refractivity contribution in [2.24, 2.45) is 5.92 Å². The first-order valence-corrected chi connectivity index (χ1v) is 11.7. The molecule has 1 saturated carbocycles. The second-order valence-electron chi connectivity index (χ2n) is 9.04. The Morgan fingerprint density at radius 3 is 2.48 bits per heavy atom. The molecule has 172 valence electrons. The molecule has 1 atom stereocenters. The molecule has 0 radical (unpaired) electrons. The summed E-state index contributed by atoms with van der Waals surface area (Å²) in [6.45, 7) is 7.21. The predicted octanol–water partition coefficient (Wildman–Crippen LogP) is 3.48. The summed E-state index contributed by atoms with van der Waals surface area (Å²) in [6, 6.07) is 2.43. The van der Waals surface area contributed by atoms with E-state index < -0.39 is 0 Å². The molecular formula is C24H37N3O4. The van der Waals surface area contributed by atoms with Gasteiger partial charge in [-0.25, -0.2) is 0 Å². The van der Waals surface area contributed by atoms with Gasteiger partial charge in [0.15, 0.2) is 0 Å². The van der Waals surface area contributed by atoms with Gasteiger partial charge in [-0.15, -0.1) is 0 Å². The van der Waals surface area contributed by atoms with Crippen molar-refractivity contribution in [2.45, 2.75) is 71.8 Å². The van der Waals surface area contributed by atoms with Crippen LogP contribution in [0.25, 0.3) is 0 Å². The quantitative estimate of drug-likeness (QED) is 0.647. The van der Waals surface area contributed by atoms with Gasteiger partial charge in [0.2, 0.25) is 5.91 Å². The van der Waals surface area contributed by atoms with Gasteiger partial charge in [0.1, 0.15) is 0 Å². The molecule has 0 aromatic carbocycles. The minimum atomic E-state index is -0.270. The summed E-state index contributed by atoms with van der Waals surface area (Å²) in [4.78, 5) is 41.3. The molecule has 31 heavy (non-hydrogen) atoms. The number of rotatable bonds is 6. The van der Waals surface area contributed by atoms with Gasteiger partial charge in [-0.3, -0.25) is 14.4 Å². The van der Waals surface area contributed by atoms with Crippen LogP contribution in [0.3, 0.4) is 0 Å². The number of piperidine rings is 1. The first-order chi connectivity index (χ1) is 14.8. The van der Waals surface area contributed by atoms with Crippen molar-refractivity contribution in [1.82, 2.24) is 14.4 Å². The first kappa shape index (κ1) is 23.4. The summed E-state index contributed by atoms with van der Waals surface area (Å²) in [6.07, 6.45) is 7.61. The highest BCUT2D eigenvalue weighted by atomic mass is 16.5. The van der Waals surface area contributed by atoms with Gasteiger partial charge < -0.3 is 19.1 Å². The molecule has 1 aliphatic heterocycles. The monoisotopic (exact) mass is 431 g/mol. The van der Waals surface area contributed by atoms with Crippen LogP contribution in [0.2, 0.25) is 0 Å². The zero-order valence-corrected chi connectivity index (χ0v) is 19.5. The lowest BCUT2D eigenvalue weighted by Crippen LogP contribution is -2.47. The predicted molar refractivity (Wildman–Crippen MR) is 119 cm³/mol. The van der Waals surface area contributed by atoms with Crippen LogP contribution in [0, 0.1) is 19.8 Å². The number of amides is 2. The van der Waals surface area contributed by atoms with Crippen LogP contribution in [0.1, 0.15) is 79.7 Å². The molecule has 2 amide bonds. The fourth-order valence-electron chi connectivity index (χ4n) is 5.13. The molecular weight excluding hydrogens is 394 g/mol. The second kappa shape index (κ2) is 10.3. The Balaban J connectivity index is 1.64. The molecule has 2 heterocycles. The number of esters is 1. The van der Waals surface area contributed by atoms with Gasteiger partial charge in [0, 0.05) is 37.6 Å². The Hall–Kier alpha value is -2.31. The maximum absolute atomic E-state index is 13.2. The van der Waals surface area contributed by atoms with Gasteiger partial charge in [-0.05, 0) is 52.5 Å². The van der Waals surface area contributed by atoms with Crippen molar-refractivity contribution in [2.75, 3.05) is 33.3 Å². The highest BCUT2D eigenvalue weighted by Crippen LogP contribution is 2.32. The van der Waals surface area contributed by atoms with Crippen LogP contribution < -0.4 is 0 Å². The zero-order valence-electron chi connectivity index (χ0n) is 19.5. The highest BCUT2D eigenvalue weighted by molar-refractivity contribution is 5.97. The number of carbonyl (C=O) groups is 3. The third-order valence-electron chi connectivity index (χ3n) is 6.77. The Bertz CT molecular complexity index is 810. The van der Waals surface area contributed by atoms with Gasteiger partial charge >= 0.3 is 5.97 Å². The maximum atomic E-state index is 13.2. The van der Waals surface area contributed by atoms with Gasteiger partial charge in [-0.1, -0.05) is 19.3 Å². The highest BCUT2D eigenvalue weighted by Gasteiger charge is 2.31. The van der Waals surface area contributed by atoms with Crippen molar-refractivity contribution >= 4 is 17.8 Å². The lowest BCUT2D eigenvalue weighted by Gasteiger charge is -2.32. The van der Waals surface area contributed by atoms with Crippen LogP contribution in [0.4, 0.5) is 0 Å². The van der Waals surface area contributed by atoms with Crippen molar-refractivity contribution in [3.05, 3.63) is 23.0 Å². The van der Waals surface area contributed by atoms with Crippen molar-refractivity contribution < 1.29 is 19.1 Å². The minimum Gasteiger partial charge on any atom is -0.466 e. The largest absolute Gasteiger partial charge is 0.466 e. The fraction of sp³-hybridized carbons (Fsp3) is 0.708. The number of hydrogen-bond donors (Lipinski definition) is 0. The number of likely N-dealkylation sites (N-methyl/N-ethyl adjacent to an activating group) is 1. The standard InChI is InChI=1S/C24H37N3O4/c1-5-31-24(30)19-10-9-13-26(15-19)22(28)16-25(4)23(29)21-14-17(2)27(18(21)3)20-11-7-6-8-12-20/h14,19-20H,5-13,15-16H2,1-4H3. The number of ether oxygens (including phenoxy) is 1. The molecule has 1 aliphatic carbocycles. The average molecular weight is 432 g/mol. The number of aryl methyl sites for hydroxylation is 1. The normalized spacial score (nSPS) is 19.9. The van der Waals surface area contributed by atoms with Gasteiger partial charge in [-0.2, -0.15) is 0 Å².